The highest BCUT2D eigenvalue weighted by Crippen LogP contribution is 2.30. The zero-order chi connectivity index (χ0) is 21.1. The molecular formula is C22H30N4O3S. The average molecular weight is 431 g/mol. The number of piperidine rings is 1. The van der Waals surface area contributed by atoms with Crippen molar-refractivity contribution in [1.29, 1.82) is 0 Å². The monoisotopic (exact) mass is 430 g/mol. The Morgan fingerprint density at radius 3 is 2.47 bits per heavy atom. The number of benzene rings is 1. The molecule has 1 aromatic carbocycles. The first kappa shape index (κ1) is 21.1. The zero-order valence-corrected chi connectivity index (χ0v) is 18.3. The van der Waals surface area contributed by atoms with Crippen molar-refractivity contribution in [3.8, 4) is 0 Å². The Morgan fingerprint density at radius 2 is 1.73 bits per heavy atom. The van der Waals surface area contributed by atoms with Gasteiger partial charge in [0.05, 0.1) is 17.1 Å². The van der Waals surface area contributed by atoms with Crippen LogP contribution in [0.4, 0.5) is 5.82 Å². The van der Waals surface area contributed by atoms with E-state index in [4.69, 9.17) is 0 Å². The van der Waals surface area contributed by atoms with Gasteiger partial charge in [0.2, 0.25) is 10.0 Å². The number of aryl methyl sites for hydroxylation is 1. The Labute approximate surface area is 178 Å². The summed E-state index contributed by atoms with van der Waals surface area (Å²) in [6, 6.07) is 7.00. The van der Waals surface area contributed by atoms with Gasteiger partial charge in [-0.25, -0.2) is 13.1 Å². The lowest BCUT2D eigenvalue weighted by atomic mass is 9.96. The number of anilines is 1. The maximum absolute atomic E-state index is 13.1. The summed E-state index contributed by atoms with van der Waals surface area (Å²) in [7, 11) is -3.60. The van der Waals surface area contributed by atoms with E-state index in [0.29, 0.717) is 36.1 Å². The number of rotatable bonds is 5. The highest BCUT2D eigenvalue weighted by molar-refractivity contribution is 7.89. The van der Waals surface area contributed by atoms with E-state index in [1.165, 1.54) is 25.3 Å². The van der Waals surface area contributed by atoms with Crippen LogP contribution < -0.4 is 5.32 Å². The van der Waals surface area contributed by atoms with E-state index in [2.05, 4.69) is 10.4 Å². The van der Waals surface area contributed by atoms with Crippen molar-refractivity contribution in [2.24, 2.45) is 0 Å². The van der Waals surface area contributed by atoms with Gasteiger partial charge in [-0.2, -0.15) is 9.40 Å². The third kappa shape index (κ3) is 4.30. The predicted molar refractivity (Wildman–Crippen MR) is 116 cm³/mol. The van der Waals surface area contributed by atoms with Crippen LogP contribution in [-0.4, -0.2) is 41.5 Å². The number of carbonyl (C=O) groups excluding carboxylic acids is 1. The van der Waals surface area contributed by atoms with Crippen molar-refractivity contribution in [1.82, 2.24) is 14.1 Å². The Balaban J connectivity index is 1.56. The van der Waals surface area contributed by atoms with Crippen LogP contribution in [0.5, 0.6) is 0 Å². The largest absolute Gasteiger partial charge is 0.307 e. The second kappa shape index (κ2) is 8.89. The number of hydrogen-bond donors (Lipinski definition) is 1. The fraction of sp³-hybridized carbons (Fsp3) is 0.545. The Bertz CT molecular complexity index is 1000. The summed E-state index contributed by atoms with van der Waals surface area (Å²) in [6.07, 6.45) is 10.2. The Kier molecular flexibility index (Phi) is 6.24. The highest BCUT2D eigenvalue weighted by atomic mass is 32.2. The first-order valence-corrected chi connectivity index (χ1v) is 12.4. The van der Waals surface area contributed by atoms with Gasteiger partial charge in [-0.3, -0.25) is 4.79 Å². The molecular weight excluding hydrogens is 400 g/mol. The van der Waals surface area contributed by atoms with Gasteiger partial charge in [0, 0.05) is 24.7 Å². The molecule has 2 heterocycles. The molecule has 1 saturated heterocycles. The van der Waals surface area contributed by atoms with Crippen molar-refractivity contribution >= 4 is 21.7 Å². The van der Waals surface area contributed by atoms with Crippen LogP contribution in [0.15, 0.2) is 35.4 Å². The molecule has 1 N–H and O–H groups in total. The molecule has 0 bridgehead atoms. The summed E-state index contributed by atoms with van der Waals surface area (Å²) >= 11 is 0. The SMILES string of the molecule is Cc1ccc(C(=O)Nc2ccnn2C2CCCCC2)cc1S(=O)(=O)N1CCCCC1. The van der Waals surface area contributed by atoms with E-state index < -0.39 is 10.0 Å². The maximum Gasteiger partial charge on any atom is 0.256 e. The van der Waals surface area contributed by atoms with Gasteiger partial charge in [-0.15, -0.1) is 0 Å². The van der Waals surface area contributed by atoms with E-state index >= 15 is 0 Å². The van der Waals surface area contributed by atoms with Gasteiger partial charge >= 0.3 is 0 Å². The summed E-state index contributed by atoms with van der Waals surface area (Å²) in [5, 5.41) is 7.35. The molecule has 162 valence electrons. The Hall–Kier alpha value is -2.19. The van der Waals surface area contributed by atoms with Gasteiger partial charge in [0.25, 0.3) is 5.91 Å². The van der Waals surface area contributed by atoms with Crippen molar-refractivity contribution < 1.29 is 13.2 Å². The minimum Gasteiger partial charge on any atom is -0.307 e. The number of nitrogens with zero attached hydrogens (tertiary/aromatic N) is 3. The zero-order valence-electron chi connectivity index (χ0n) is 17.5. The fourth-order valence-electron chi connectivity index (χ4n) is 4.48. The lowest BCUT2D eigenvalue weighted by Crippen LogP contribution is -2.36. The van der Waals surface area contributed by atoms with E-state index in [0.717, 1.165) is 32.1 Å². The van der Waals surface area contributed by atoms with E-state index in [-0.39, 0.29) is 10.8 Å². The minimum absolute atomic E-state index is 0.220. The number of aromatic nitrogens is 2. The van der Waals surface area contributed by atoms with Crippen LogP contribution in [-0.2, 0) is 10.0 Å². The lowest BCUT2D eigenvalue weighted by Gasteiger charge is -2.26. The molecule has 1 saturated carbocycles. The van der Waals surface area contributed by atoms with Gasteiger partial charge in [-0.1, -0.05) is 31.7 Å². The van der Waals surface area contributed by atoms with Crippen LogP contribution in [0.3, 0.4) is 0 Å². The number of hydrogen-bond acceptors (Lipinski definition) is 4. The first-order valence-electron chi connectivity index (χ1n) is 10.9. The van der Waals surface area contributed by atoms with Gasteiger partial charge in [0.15, 0.2) is 0 Å². The molecule has 2 aliphatic rings. The second-order valence-electron chi connectivity index (χ2n) is 8.35. The molecule has 0 unspecified atom stereocenters. The maximum atomic E-state index is 13.1. The summed E-state index contributed by atoms with van der Waals surface area (Å²) in [5.74, 6) is 0.343. The third-order valence-corrected chi connectivity index (χ3v) is 8.26. The van der Waals surface area contributed by atoms with Crippen molar-refractivity contribution in [3.63, 3.8) is 0 Å². The van der Waals surface area contributed by atoms with Gasteiger partial charge in [0.1, 0.15) is 5.82 Å². The predicted octanol–water partition coefficient (Wildman–Crippen LogP) is 4.12. The van der Waals surface area contributed by atoms with Crippen molar-refractivity contribution in [2.45, 2.75) is 69.2 Å². The van der Waals surface area contributed by atoms with Crippen LogP contribution >= 0.6 is 0 Å². The third-order valence-electron chi connectivity index (χ3n) is 6.22. The highest BCUT2D eigenvalue weighted by Gasteiger charge is 2.28. The standard InChI is InChI=1S/C22H30N4O3S/c1-17-10-11-18(16-20(17)30(28,29)25-14-6-3-7-15-25)22(27)24-21-12-13-23-26(21)19-8-4-2-5-9-19/h10-13,16,19H,2-9,14-15H2,1H3,(H,24,27). The summed E-state index contributed by atoms with van der Waals surface area (Å²) < 4.78 is 29.7. The van der Waals surface area contributed by atoms with Gasteiger partial charge < -0.3 is 5.32 Å². The minimum atomic E-state index is -3.60. The fourth-order valence-corrected chi connectivity index (χ4v) is 6.25. The van der Waals surface area contributed by atoms with Gasteiger partial charge in [-0.05, 0) is 50.3 Å². The number of amides is 1. The molecule has 1 aliphatic carbocycles. The second-order valence-corrected chi connectivity index (χ2v) is 10.3. The number of sulfonamides is 1. The summed E-state index contributed by atoms with van der Waals surface area (Å²) in [6.45, 7) is 2.86. The van der Waals surface area contributed by atoms with Crippen LogP contribution in [0.2, 0.25) is 0 Å². The molecule has 7 nitrogen and oxygen atoms in total. The van der Waals surface area contributed by atoms with E-state index in [1.54, 1.807) is 35.6 Å². The molecule has 1 aromatic heterocycles. The summed E-state index contributed by atoms with van der Waals surface area (Å²) in [5.41, 5.74) is 0.997. The van der Waals surface area contributed by atoms with Crippen LogP contribution in [0.1, 0.15) is 73.3 Å². The van der Waals surface area contributed by atoms with E-state index in [9.17, 15) is 13.2 Å². The quantitative estimate of drug-likeness (QED) is 0.773. The normalized spacial score (nSPS) is 19.0. The molecule has 4 rings (SSSR count). The van der Waals surface area contributed by atoms with E-state index in [1.807, 2.05) is 4.68 Å². The molecule has 0 radical (unpaired) electrons. The molecule has 0 spiro atoms. The molecule has 8 heteroatoms. The lowest BCUT2D eigenvalue weighted by molar-refractivity contribution is 0.102. The smallest absolute Gasteiger partial charge is 0.256 e. The molecule has 0 atom stereocenters. The first-order chi connectivity index (χ1) is 14.5. The number of nitrogens with one attached hydrogen (secondary N) is 1. The van der Waals surface area contributed by atoms with Crippen molar-refractivity contribution in [3.05, 3.63) is 41.6 Å². The van der Waals surface area contributed by atoms with Crippen LogP contribution in [0, 0.1) is 6.92 Å². The molecule has 2 fully saturated rings. The number of carbonyl (C=O) groups is 1. The molecule has 1 amide bonds. The summed E-state index contributed by atoms with van der Waals surface area (Å²) in [4.78, 5) is 13.2. The van der Waals surface area contributed by atoms with Crippen molar-refractivity contribution in [2.75, 3.05) is 18.4 Å². The molecule has 2 aromatic rings. The average Bonchev–Trinajstić information content (AvgIpc) is 3.23. The Morgan fingerprint density at radius 1 is 1.03 bits per heavy atom. The topological polar surface area (TPSA) is 84.3 Å². The molecule has 1 aliphatic heterocycles. The van der Waals surface area contributed by atoms with Crippen LogP contribution in [0.25, 0.3) is 0 Å². The molecule has 30 heavy (non-hydrogen) atoms.